The first kappa shape index (κ1) is 19.5. The molecular weight excluding hydrogens is 362 g/mol. The van der Waals surface area contributed by atoms with Crippen LogP contribution < -0.4 is 19.7 Å². The van der Waals surface area contributed by atoms with Crippen LogP contribution in [0.1, 0.15) is 5.82 Å². The van der Waals surface area contributed by atoms with Crippen molar-refractivity contribution in [1.82, 2.24) is 19.8 Å². The fourth-order valence-corrected chi connectivity index (χ4v) is 3.15. The third-order valence-corrected chi connectivity index (χ3v) is 4.71. The van der Waals surface area contributed by atoms with Gasteiger partial charge >= 0.3 is 6.03 Å². The largest absolute Gasteiger partial charge is 0.493 e. The average molecular weight is 387 g/mol. The van der Waals surface area contributed by atoms with Gasteiger partial charge in [0, 0.05) is 50.3 Å². The molecule has 0 atom stereocenters. The van der Waals surface area contributed by atoms with Gasteiger partial charge in [0.2, 0.25) is 5.91 Å². The van der Waals surface area contributed by atoms with Gasteiger partial charge in [-0.2, -0.15) is 0 Å². The minimum absolute atomic E-state index is 0.0333. The van der Waals surface area contributed by atoms with Crippen LogP contribution in [0.3, 0.4) is 0 Å². The highest BCUT2D eigenvalue weighted by Crippen LogP contribution is 2.32. The fourth-order valence-electron chi connectivity index (χ4n) is 3.15. The highest BCUT2D eigenvalue weighted by molar-refractivity contribution is 5.96. The molecular formula is C19H25N5O4. The molecule has 0 spiro atoms. The zero-order chi connectivity index (χ0) is 20.1. The van der Waals surface area contributed by atoms with E-state index in [-0.39, 0.29) is 18.5 Å². The van der Waals surface area contributed by atoms with Gasteiger partial charge in [0.15, 0.2) is 11.5 Å². The Morgan fingerprint density at radius 3 is 2.68 bits per heavy atom. The second kappa shape index (κ2) is 8.64. The smallest absolute Gasteiger partial charge is 0.325 e. The van der Waals surface area contributed by atoms with Crippen LogP contribution in [0.4, 0.5) is 10.5 Å². The number of carbonyl (C=O) groups excluding carboxylic acids is 2. The molecule has 28 heavy (non-hydrogen) atoms. The Morgan fingerprint density at radius 1 is 1.21 bits per heavy atom. The summed E-state index contributed by atoms with van der Waals surface area (Å²) in [5.41, 5.74) is 0.709. The van der Waals surface area contributed by atoms with Crippen LogP contribution in [0, 0.1) is 6.92 Å². The van der Waals surface area contributed by atoms with Crippen LogP contribution in [-0.2, 0) is 11.3 Å². The minimum Gasteiger partial charge on any atom is -0.493 e. The summed E-state index contributed by atoms with van der Waals surface area (Å²) in [6.45, 7) is 4.07. The van der Waals surface area contributed by atoms with Gasteiger partial charge in [-0.05, 0) is 19.1 Å². The van der Waals surface area contributed by atoms with Crippen molar-refractivity contribution < 1.29 is 19.1 Å². The summed E-state index contributed by atoms with van der Waals surface area (Å²) < 4.78 is 12.5. The predicted octanol–water partition coefficient (Wildman–Crippen LogP) is 1.27. The highest BCUT2D eigenvalue weighted by Gasteiger charge is 2.31. The number of ether oxygens (including phenoxy) is 2. The average Bonchev–Trinajstić information content (AvgIpc) is 3.27. The van der Waals surface area contributed by atoms with Gasteiger partial charge in [0.05, 0.1) is 14.2 Å². The second-order valence-corrected chi connectivity index (χ2v) is 6.41. The standard InChI is InChI=1S/C19H25N5O4/c1-14-20-6-8-22(14)9-7-21-18(25)13-23-10-11-24(19(23)26)15-4-5-16(27-2)17(12-15)28-3/h4-6,8,12H,7,9-11,13H2,1-3H3,(H,21,25). The molecule has 1 aliphatic rings. The third kappa shape index (κ3) is 4.19. The number of urea groups is 1. The maximum Gasteiger partial charge on any atom is 0.325 e. The molecule has 0 radical (unpaired) electrons. The lowest BCUT2D eigenvalue weighted by atomic mass is 10.2. The van der Waals surface area contributed by atoms with Gasteiger partial charge in [-0.1, -0.05) is 0 Å². The van der Waals surface area contributed by atoms with Gasteiger partial charge in [0.25, 0.3) is 0 Å². The van der Waals surface area contributed by atoms with E-state index in [4.69, 9.17) is 9.47 Å². The number of carbonyl (C=O) groups is 2. The first-order valence-corrected chi connectivity index (χ1v) is 9.06. The molecule has 1 N–H and O–H groups in total. The van der Waals surface area contributed by atoms with E-state index in [0.29, 0.717) is 43.4 Å². The molecule has 3 amide bonds. The Bertz CT molecular complexity index is 851. The van der Waals surface area contributed by atoms with E-state index in [9.17, 15) is 9.59 Å². The molecule has 2 heterocycles. The number of nitrogens with zero attached hydrogens (tertiary/aromatic N) is 4. The number of aryl methyl sites for hydroxylation is 1. The van der Waals surface area contributed by atoms with Crippen LogP contribution in [-0.4, -0.2) is 66.8 Å². The Kier molecular flexibility index (Phi) is 6.03. The summed E-state index contributed by atoms with van der Waals surface area (Å²) in [5, 5.41) is 2.85. The monoisotopic (exact) mass is 387 g/mol. The van der Waals surface area contributed by atoms with Crippen molar-refractivity contribution >= 4 is 17.6 Å². The number of amides is 3. The maximum atomic E-state index is 12.7. The molecule has 0 aliphatic carbocycles. The molecule has 0 saturated carbocycles. The molecule has 1 saturated heterocycles. The third-order valence-electron chi connectivity index (χ3n) is 4.71. The molecule has 1 aliphatic heterocycles. The van der Waals surface area contributed by atoms with Crippen LogP contribution in [0.5, 0.6) is 11.5 Å². The number of imidazole rings is 1. The number of aromatic nitrogens is 2. The number of anilines is 1. The van der Waals surface area contributed by atoms with Crippen LogP contribution in [0.25, 0.3) is 0 Å². The van der Waals surface area contributed by atoms with E-state index >= 15 is 0 Å². The van der Waals surface area contributed by atoms with E-state index in [0.717, 1.165) is 5.82 Å². The Balaban J connectivity index is 1.53. The Morgan fingerprint density at radius 2 is 2.00 bits per heavy atom. The zero-order valence-corrected chi connectivity index (χ0v) is 16.3. The van der Waals surface area contributed by atoms with E-state index in [2.05, 4.69) is 10.3 Å². The van der Waals surface area contributed by atoms with Crippen molar-refractivity contribution in [1.29, 1.82) is 0 Å². The van der Waals surface area contributed by atoms with Gasteiger partial charge in [-0.25, -0.2) is 9.78 Å². The normalized spacial score (nSPS) is 13.8. The van der Waals surface area contributed by atoms with E-state index in [1.165, 1.54) is 4.90 Å². The number of rotatable bonds is 8. The SMILES string of the molecule is COc1ccc(N2CCN(CC(=O)NCCn3ccnc3C)C2=O)cc1OC. The van der Waals surface area contributed by atoms with Crippen LogP contribution in [0.15, 0.2) is 30.6 Å². The lowest BCUT2D eigenvalue weighted by molar-refractivity contribution is -0.121. The summed E-state index contributed by atoms with van der Waals surface area (Å²) in [6.07, 6.45) is 3.59. The van der Waals surface area contributed by atoms with Crippen molar-refractivity contribution in [2.24, 2.45) is 0 Å². The minimum atomic E-state index is -0.201. The fraction of sp³-hybridized carbons (Fsp3) is 0.421. The van der Waals surface area contributed by atoms with Crippen molar-refractivity contribution in [2.45, 2.75) is 13.5 Å². The first-order chi connectivity index (χ1) is 13.5. The molecule has 1 fully saturated rings. The van der Waals surface area contributed by atoms with Crippen LogP contribution in [0.2, 0.25) is 0 Å². The molecule has 2 aromatic rings. The molecule has 9 heteroatoms. The molecule has 1 aromatic carbocycles. The summed E-state index contributed by atoms with van der Waals surface area (Å²) in [6, 6.07) is 5.12. The van der Waals surface area contributed by atoms with E-state index < -0.39 is 0 Å². The van der Waals surface area contributed by atoms with Crippen molar-refractivity contribution in [3.05, 3.63) is 36.4 Å². The van der Waals surface area contributed by atoms with Gasteiger partial charge < -0.3 is 24.3 Å². The Hall–Kier alpha value is -3.23. The second-order valence-electron chi connectivity index (χ2n) is 6.41. The zero-order valence-electron chi connectivity index (χ0n) is 16.3. The van der Waals surface area contributed by atoms with Gasteiger partial charge in [-0.15, -0.1) is 0 Å². The summed E-state index contributed by atoms with van der Waals surface area (Å²) in [4.78, 5) is 32.2. The van der Waals surface area contributed by atoms with Gasteiger partial charge in [-0.3, -0.25) is 9.69 Å². The van der Waals surface area contributed by atoms with E-state index in [1.807, 2.05) is 17.7 Å². The first-order valence-electron chi connectivity index (χ1n) is 9.06. The van der Waals surface area contributed by atoms with Crippen molar-refractivity contribution in [3.63, 3.8) is 0 Å². The van der Waals surface area contributed by atoms with Crippen molar-refractivity contribution in [3.8, 4) is 11.5 Å². The number of nitrogens with one attached hydrogen (secondary N) is 1. The predicted molar refractivity (Wildman–Crippen MR) is 104 cm³/mol. The summed E-state index contributed by atoms with van der Waals surface area (Å²) in [5.74, 6) is 1.87. The quantitative estimate of drug-likeness (QED) is 0.737. The van der Waals surface area contributed by atoms with Crippen LogP contribution >= 0.6 is 0 Å². The summed E-state index contributed by atoms with van der Waals surface area (Å²) >= 11 is 0. The number of hydrogen-bond acceptors (Lipinski definition) is 5. The van der Waals surface area contributed by atoms with Crippen molar-refractivity contribution in [2.75, 3.05) is 45.3 Å². The molecule has 3 rings (SSSR count). The molecule has 0 unspecified atom stereocenters. The molecule has 0 bridgehead atoms. The van der Waals surface area contributed by atoms with Gasteiger partial charge in [0.1, 0.15) is 12.4 Å². The highest BCUT2D eigenvalue weighted by atomic mass is 16.5. The lowest BCUT2D eigenvalue weighted by Crippen LogP contribution is -2.40. The maximum absolute atomic E-state index is 12.7. The summed E-state index contributed by atoms with van der Waals surface area (Å²) in [7, 11) is 3.11. The molecule has 1 aromatic heterocycles. The number of hydrogen-bond donors (Lipinski definition) is 1. The number of methoxy groups -OCH3 is 2. The molecule has 150 valence electrons. The Labute approximate surface area is 163 Å². The molecule has 9 nitrogen and oxygen atoms in total. The number of benzene rings is 1. The topological polar surface area (TPSA) is 88.9 Å². The lowest BCUT2D eigenvalue weighted by Gasteiger charge is -2.19. The van der Waals surface area contributed by atoms with E-state index in [1.54, 1.807) is 43.5 Å².